The van der Waals surface area contributed by atoms with E-state index in [9.17, 15) is 0 Å². The summed E-state index contributed by atoms with van der Waals surface area (Å²) in [5, 5.41) is 8.83. The Kier molecular flexibility index (Phi) is 4.83. The highest BCUT2D eigenvalue weighted by Crippen LogP contribution is 2.45. The average Bonchev–Trinajstić information content (AvgIpc) is 3.32. The van der Waals surface area contributed by atoms with Crippen molar-refractivity contribution in [2.75, 3.05) is 13.2 Å². The van der Waals surface area contributed by atoms with Crippen LogP contribution in [0.1, 0.15) is 30.9 Å². The Morgan fingerprint density at radius 2 is 1.34 bits per heavy atom. The largest absolute Gasteiger partial charge is 0.364 e. The van der Waals surface area contributed by atoms with Gasteiger partial charge in [-0.2, -0.15) is 0 Å². The molecule has 1 saturated heterocycles. The van der Waals surface area contributed by atoms with Gasteiger partial charge in [0.1, 0.15) is 5.60 Å². The molecule has 0 bridgehead atoms. The molecule has 0 aliphatic carbocycles. The van der Waals surface area contributed by atoms with Gasteiger partial charge in [0, 0.05) is 12.6 Å². The van der Waals surface area contributed by atoms with Crippen LogP contribution in [-0.2, 0) is 10.3 Å². The van der Waals surface area contributed by atoms with Crippen molar-refractivity contribution in [3.8, 4) is 0 Å². The SMILES string of the molecule is CCOC(c1cccc2ccccc12)(c1cccc2ccccc12)[C@@H]1CCCN1. The zero-order valence-corrected chi connectivity index (χ0v) is 16.9. The summed E-state index contributed by atoms with van der Waals surface area (Å²) in [6.45, 7) is 3.81. The number of hydrogen-bond acceptors (Lipinski definition) is 2. The Labute approximate surface area is 172 Å². The maximum atomic E-state index is 6.84. The van der Waals surface area contributed by atoms with Crippen LogP contribution in [0.4, 0.5) is 0 Å². The Morgan fingerprint density at radius 3 is 1.86 bits per heavy atom. The summed E-state index contributed by atoms with van der Waals surface area (Å²) in [5.41, 5.74) is 1.98. The molecule has 4 aromatic rings. The van der Waals surface area contributed by atoms with Gasteiger partial charge in [-0.25, -0.2) is 0 Å². The fourth-order valence-corrected chi connectivity index (χ4v) is 5.13. The third-order valence-corrected chi connectivity index (χ3v) is 6.30. The van der Waals surface area contributed by atoms with E-state index >= 15 is 0 Å². The van der Waals surface area contributed by atoms with E-state index in [4.69, 9.17) is 4.74 Å². The second-order valence-electron chi connectivity index (χ2n) is 7.87. The highest BCUT2D eigenvalue weighted by molar-refractivity contribution is 5.91. The van der Waals surface area contributed by atoms with Gasteiger partial charge in [0.15, 0.2) is 0 Å². The molecule has 29 heavy (non-hydrogen) atoms. The molecule has 1 fully saturated rings. The third-order valence-electron chi connectivity index (χ3n) is 6.30. The molecule has 0 saturated carbocycles. The van der Waals surface area contributed by atoms with Gasteiger partial charge in [-0.15, -0.1) is 0 Å². The van der Waals surface area contributed by atoms with Crippen molar-refractivity contribution in [3.05, 3.63) is 96.1 Å². The maximum absolute atomic E-state index is 6.84. The Hall–Kier alpha value is -2.68. The molecule has 2 heteroatoms. The Balaban J connectivity index is 1.89. The molecule has 1 aliphatic heterocycles. The van der Waals surface area contributed by atoms with Crippen LogP contribution in [0, 0.1) is 0 Å². The number of rotatable bonds is 5. The van der Waals surface area contributed by atoms with Gasteiger partial charge in [-0.05, 0) is 59.0 Å². The first-order valence-corrected chi connectivity index (χ1v) is 10.7. The fraction of sp³-hybridized carbons (Fsp3) is 0.259. The normalized spacial score (nSPS) is 17.2. The topological polar surface area (TPSA) is 21.3 Å². The van der Waals surface area contributed by atoms with Crippen LogP contribution >= 0.6 is 0 Å². The van der Waals surface area contributed by atoms with Gasteiger partial charge >= 0.3 is 0 Å². The Morgan fingerprint density at radius 1 is 0.793 bits per heavy atom. The molecule has 0 amide bonds. The lowest BCUT2D eigenvalue weighted by molar-refractivity contribution is -0.0334. The summed E-state index contributed by atoms with van der Waals surface area (Å²) in [7, 11) is 0. The number of benzene rings is 4. The molecule has 0 spiro atoms. The van der Waals surface area contributed by atoms with E-state index in [0.717, 1.165) is 13.0 Å². The number of hydrogen-bond donors (Lipinski definition) is 1. The minimum Gasteiger partial charge on any atom is -0.364 e. The van der Waals surface area contributed by atoms with Crippen molar-refractivity contribution in [3.63, 3.8) is 0 Å². The number of ether oxygens (including phenoxy) is 1. The van der Waals surface area contributed by atoms with Crippen LogP contribution in [0.5, 0.6) is 0 Å². The summed E-state index contributed by atoms with van der Waals surface area (Å²) in [5.74, 6) is 0. The van der Waals surface area contributed by atoms with Gasteiger partial charge in [-0.1, -0.05) is 84.9 Å². The van der Waals surface area contributed by atoms with Crippen LogP contribution in [0.2, 0.25) is 0 Å². The highest BCUT2D eigenvalue weighted by Gasteiger charge is 2.46. The fourth-order valence-electron chi connectivity index (χ4n) is 5.13. The summed E-state index contributed by atoms with van der Waals surface area (Å²) >= 11 is 0. The predicted molar refractivity (Wildman–Crippen MR) is 121 cm³/mol. The quantitative estimate of drug-likeness (QED) is 0.456. The third kappa shape index (κ3) is 2.95. The number of fused-ring (bicyclic) bond motifs is 2. The smallest absolute Gasteiger partial charge is 0.134 e. The van der Waals surface area contributed by atoms with Crippen molar-refractivity contribution >= 4 is 21.5 Å². The lowest BCUT2D eigenvalue weighted by atomic mass is 9.75. The second-order valence-corrected chi connectivity index (χ2v) is 7.87. The molecule has 1 aliphatic rings. The Bertz CT molecular complexity index is 1050. The van der Waals surface area contributed by atoms with E-state index in [1.165, 1.54) is 39.1 Å². The second kappa shape index (κ2) is 7.62. The van der Waals surface area contributed by atoms with Crippen LogP contribution in [0.3, 0.4) is 0 Å². The van der Waals surface area contributed by atoms with Crippen molar-refractivity contribution in [2.24, 2.45) is 0 Å². The van der Waals surface area contributed by atoms with Crippen LogP contribution in [0.25, 0.3) is 21.5 Å². The molecular formula is C27H27NO. The summed E-state index contributed by atoms with van der Waals surface area (Å²) in [4.78, 5) is 0. The molecule has 0 unspecified atom stereocenters. The molecule has 4 aromatic carbocycles. The van der Waals surface area contributed by atoms with Crippen molar-refractivity contribution in [1.82, 2.24) is 5.32 Å². The van der Waals surface area contributed by atoms with Gasteiger partial charge in [-0.3, -0.25) is 0 Å². The first-order chi connectivity index (χ1) is 14.3. The highest BCUT2D eigenvalue weighted by atomic mass is 16.5. The first kappa shape index (κ1) is 18.4. The molecular weight excluding hydrogens is 354 g/mol. The van der Waals surface area contributed by atoms with E-state index in [-0.39, 0.29) is 6.04 Å². The summed E-state index contributed by atoms with van der Waals surface area (Å²) in [6, 6.07) is 30.8. The summed E-state index contributed by atoms with van der Waals surface area (Å²) < 4.78 is 6.84. The monoisotopic (exact) mass is 381 g/mol. The van der Waals surface area contributed by atoms with E-state index in [1.54, 1.807) is 0 Å². The molecule has 146 valence electrons. The standard InChI is InChI=1S/C27H27NO/c1-2-29-27(26-18-9-19-28-26,24-16-7-12-20-10-3-5-14-22(20)24)25-17-8-13-21-11-4-6-15-23(21)25/h3-8,10-17,26,28H,2,9,18-19H2,1H3/t26-/m0/s1. The predicted octanol–water partition coefficient (Wildman–Crippen LogP) is 6.03. The van der Waals surface area contributed by atoms with Crippen molar-refractivity contribution < 1.29 is 4.74 Å². The van der Waals surface area contributed by atoms with Crippen LogP contribution < -0.4 is 5.32 Å². The number of nitrogens with one attached hydrogen (secondary N) is 1. The lowest BCUT2D eigenvalue weighted by Crippen LogP contribution is -2.48. The molecule has 5 rings (SSSR count). The van der Waals surface area contributed by atoms with E-state index in [2.05, 4.69) is 97.2 Å². The molecule has 0 radical (unpaired) electrons. The van der Waals surface area contributed by atoms with Crippen molar-refractivity contribution in [2.45, 2.75) is 31.4 Å². The zero-order valence-electron chi connectivity index (χ0n) is 16.9. The van der Waals surface area contributed by atoms with Gasteiger partial charge in [0.2, 0.25) is 0 Å². The van der Waals surface area contributed by atoms with Gasteiger partial charge in [0.05, 0.1) is 0 Å². The van der Waals surface area contributed by atoms with Crippen LogP contribution in [0.15, 0.2) is 84.9 Å². The van der Waals surface area contributed by atoms with Crippen molar-refractivity contribution in [1.29, 1.82) is 0 Å². The van der Waals surface area contributed by atoms with E-state index in [0.29, 0.717) is 6.61 Å². The lowest BCUT2D eigenvalue weighted by Gasteiger charge is -2.41. The minimum atomic E-state index is -0.535. The zero-order chi connectivity index (χ0) is 19.7. The van der Waals surface area contributed by atoms with Gasteiger partial charge in [0.25, 0.3) is 0 Å². The molecule has 0 aromatic heterocycles. The summed E-state index contributed by atoms with van der Waals surface area (Å²) in [6.07, 6.45) is 2.28. The molecule has 1 N–H and O–H groups in total. The van der Waals surface area contributed by atoms with Crippen LogP contribution in [-0.4, -0.2) is 19.2 Å². The molecule has 1 atom stereocenters. The molecule has 2 nitrogen and oxygen atoms in total. The first-order valence-electron chi connectivity index (χ1n) is 10.7. The van der Waals surface area contributed by atoms with E-state index in [1.807, 2.05) is 0 Å². The van der Waals surface area contributed by atoms with E-state index < -0.39 is 5.60 Å². The minimum absolute atomic E-state index is 0.235. The average molecular weight is 382 g/mol. The molecule has 1 heterocycles. The maximum Gasteiger partial charge on any atom is 0.134 e. The van der Waals surface area contributed by atoms with Gasteiger partial charge < -0.3 is 10.1 Å².